The molecule has 2 aliphatic rings. The summed E-state index contributed by atoms with van der Waals surface area (Å²) < 4.78 is 41.1. The molecule has 44 heavy (non-hydrogen) atoms. The Labute approximate surface area is 246 Å². The molecule has 1 fully saturated rings. The maximum absolute atomic E-state index is 13.3. The molecule has 1 saturated heterocycles. The molecule has 0 spiro atoms. The van der Waals surface area contributed by atoms with Gasteiger partial charge in [0, 0.05) is 18.2 Å². The summed E-state index contributed by atoms with van der Waals surface area (Å²) in [5.41, 5.74) is -2.87. The number of fused-ring (bicyclic) bond motifs is 1. The fourth-order valence-corrected chi connectivity index (χ4v) is 4.61. The second kappa shape index (κ2) is 10.8. The maximum atomic E-state index is 13.3. The number of pyridine rings is 1. The van der Waals surface area contributed by atoms with Gasteiger partial charge in [-0.25, -0.2) is 4.98 Å². The number of amides is 5. The molecule has 1 atom stereocenters. The molecular formula is C29H20F3N7O5. The van der Waals surface area contributed by atoms with Crippen molar-refractivity contribution in [3.8, 4) is 17.9 Å². The summed E-state index contributed by atoms with van der Waals surface area (Å²) >= 11 is 0. The van der Waals surface area contributed by atoms with Gasteiger partial charge in [0.25, 0.3) is 17.7 Å². The second-order valence-corrected chi connectivity index (χ2v) is 10.4. The van der Waals surface area contributed by atoms with Crippen LogP contribution in [0.1, 0.15) is 69.8 Å². The van der Waals surface area contributed by atoms with E-state index in [4.69, 9.17) is 5.26 Å². The highest BCUT2D eigenvalue weighted by Gasteiger charge is 2.44. The first kappa shape index (κ1) is 29.7. The topological polar surface area (TPSA) is 167 Å². The average Bonchev–Trinajstić information content (AvgIpc) is 3.55. The van der Waals surface area contributed by atoms with Crippen molar-refractivity contribution in [1.29, 1.82) is 5.26 Å². The quantitative estimate of drug-likeness (QED) is 0.339. The number of alkyl halides is 3. The van der Waals surface area contributed by atoms with Crippen LogP contribution in [0, 0.1) is 23.2 Å². The van der Waals surface area contributed by atoms with E-state index in [9.17, 15) is 37.1 Å². The Morgan fingerprint density at radius 3 is 2.43 bits per heavy atom. The first-order chi connectivity index (χ1) is 20.7. The lowest BCUT2D eigenvalue weighted by Crippen LogP contribution is -2.54. The molecule has 4 heterocycles. The van der Waals surface area contributed by atoms with E-state index >= 15 is 0 Å². The number of aromatic nitrogens is 3. The largest absolute Gasteiger partial charge is 0.419 e. The van der Waals surface area contributed by atoms with Crippen LogP contribution in [0.25, 0.3) is 0 Å². The number of nitriles is 1. The second-order valence-electron chi connectivity index (χ2n) is 10.4. The molecule has 2 aromatic heterocycles. The van der Waals surface area contributed by atoms with Gasteiger partial charge in [0.1, 0.15) is 17.6 Å². The van der Waals surface area contributed by atoms with Crippen molar-refractivity contribution in [1.82, 2.24) is 25.0 Å². The number of nitrogens with one attached hydrogen (secondary N) is 2. The van der Waals surface area contributed by atoms with Crippen LogP contribution in [0.15, 0.2) is 42.9 Å². The minimum atomic E-state index is -4.85. The van der Waals surface area contributed by atoms with Crippen molar-refractivity contribution >= 4 is 35.2 Å². The standard InChI is InChI=1S/C29H20F3N7O5/c1-28(2,27(44)36-17-10-20(29(30,31)32)21(11-33)34-13-17)38-14-16(12-35-38)4-3-15-5-6-18-19(9-15)26(43)39(25(18)42)22-7-8-23(40)37-24(22)41/h5-6,9-10,12-14,22H,7-8H2,1-2H3,(H,36,44)(H,37,40,41). The molecule has 15 heteroatoms. The van der Waals surface area contributed by atoms with Crippen LogP contribution in [0.2, 0.25) is 0 Å². The molecule has 0 saturated carbocycles. The maximum Gasteiger partial charge on any atom is 0.419 e. The van der Waals surface area contributed by atoms with Crippen LogP contribution < -0.4 is 10.6 Å². The smallest absolute Gasteiger partial charge is 0.323 e. The van der Waals surface area contributed by atoms with Crippen molar-refractivity contribution in [2.24, 2.45) is 0 Å². The third-order valence-corrected chi connectivity index (χ3v) is 7.06. The number of carbonyl (C=O) groups excluding carboxylic acids is 5. The highest BCUT2D eigenvalue weighted by Crippen LogP contribution is 2.33. The van der Waals surface area contributed by atoms with Gasteiger partial charge < -0.3 is 5.32 Å². The Hall–Kier alpha value is -5.83. The number of rotatable bonds is 4. The van der Waals surface area contributed by atoms with Crippen LogP contribution >= 0.6 is 0 Å². The van der Waals surface area contributed by atoms with Gasteiger partial charge in [-0.3, -0.25) is 38.9 Å². The molecular weight excluding hydrogens is 583 g/mol. The number of halogens is 3. The number of hydrogen-bond acceptors (Lipinski definition) is 8. The summed E-state index contributed by atoms with van der Waals surface area (Å²) in [5, 5.41) is 17.6. The molecule has 3 aromatic rings. The van der Waals surface area contributed by atoms with Crippen LogP contribution in [-0.2, 0) is 26.1 Å². The van der Waals surface area contributed by atoms with E-state index in [0.29, 0.717) is 17.2 Å². The zero-order chi connectivity index (χ0) is 32.0. The van der Waals surface area contributed by atoms with Crippen molar-refractivity contribution in [2.45, 2.75) is 44.4 Å². The fraction of sp³-hybridized carbons (Fsp3) is 0.241. The Morgan fingerprint density at radius 2 is 1.75 bits per heavy atom. The third kappa shape index (κ3) is 5.38. The molecule has 1 unspecified atom stereocenters. The monoisotopic (exact) mass is 603 g/mol. The molecule has 2 N–H and O–H groups in total. The van der Waals surface area contributed by atoms with E-state index in [0.717, 1.165) is 11.1 Å². The summed E-state index contributed by atoms with van der Waals surface area (Å²) in [5.74, 6) is 2.45. The van der Waals surface area contributed by atoms with Gasteiger partial charge in [-0.05, 0) is 44.5 Å². The molecule has 0 aliphatic carbocycles. The molecule has 12 nitrogen and oxygen atoms in total. The minimum Gasteiger partial charge on any atom is -0.323 e. The van der Waals surface area contributed by atoms with E-state index in [1.54, 1.807) is 0 Å². The minimum absolute atomic E-state index is 0.00167. The van der Waals surface area contributed by atoms with Gasteiger partial charge in [0.05, 0.1) is 40.3 Å². The number of hydrogen-bond donors (Lipinski definition) is 2. The van der Waals surface area contributed by atoms with E-state index in [1.165, 1.54) is 55.2 Å². The number of nitrogens with zero attached hydrogens (tertiary/aromatic N) is 5. The normalized spacial score (nSPS) is 16.5. The summed E-state index contributed by atoms with van der Waals surface area (Å²) in [4.78, 5) is 67.0. The van der Waals surface area contributed by atoms with Crippen molar-refractivity contribution in [3.05, 3.63) is 76.4 Å². The van der Waals surface area contributed by atoms with Gasteiger partial charge in [0.15, 0.2) is 5.69 Å². The molecule has 0 radical (unpaired) electrons. The number of carbonyl (C=O) groups is 5. The first-order valence-corrected chi connectivity index (χ1v) is 12.9. The fourth-order valence-electron chi connectivity index (χ4n) is 4.61. The van der Waals surface area contributed by atoms with Crippen LogP contribution in [0.5, 0.6) is 0 Å². The predicted octanol–water partition coefficient (Wildman–Crippen LogP) is 2.34. The van der Waals surface area contributed by atoms with Gasteiger partial charge in [-0.1, -0.05) is 11.8 Å². The zero-order valence-corrected chi connectivity index (χ0v) is 22.9. The Morgan fingerprint density at radius 1 is 1.05 bits per heavy atom. The van der Waals surface area contributed by atoms with E-state index < -0.39 is 58.6 Å². The van der Waals surface area contributed by atoms with Crippen molar-refractivity contribution in [2.75, 3.05) is 5.32 Å². The van der Waals surface area contributed by atoms with Crippen molar-refractivity contribution in [3.63, 3.8) is 0 Å². The molecule has 222 valence electrons. The molecule has 2 aliphatic heterocycles. The van der Waals surface area contributed by atoms with Crippen LogP contribution in [0.3, 0.4) is 0 Å². The van der Waals surface area contributed by atoms with Crippen molar-refractivity contribution < 1.29 is 37.1 Å². The lowest BCUT2D eigenvalue weighted by atomic mass is 10.0. The highest BCUT2D eigenvalue weighted by atomic mass is 19.4. The summed E-state index contributed by atoms with van der Waals surface area (Å²) in [6, 6.07) is 5.25. The number of benzene rings is 1. The number of imide groups is 2. The lowest BCUT2D eigenvalue weighted by Gasteiger charge is -2.27. The zero-order valence-electron chi connectivity index (χ0n) is 22.9. The predicted molar refractivity (Wildman–Crippen MR) is 143 cm³/mol. The van der Waals surface area contributed by atoms with Gasteiger partial charge in [-0.15, -0.1) is 0 Å². The van der Waals surface area contributed by atoms with Gasteiger partial charge in [-0.2, -0.15) is 23.5 Å². The SMILES string of the molecule is CC(C)(C(=O)Nc1cnc(C#N)c(C(F)(F)F)c1)n1cc(C#Cc2ccc3c(c2)C(=O)N(C2CCC(=O)NC2=O)C3=O)cn1. The summed E-state index contributed by atoms with van der Waals surface area (Å²) in [7, 11) is 0. The Balaban J connectivity index is 1.32. The van der Waals surface area contributed by atoms with Crippen LogP contribution in [-0.4, -0.2) is 55.2 Å². The molecule has 0 bridgehead atoms. The van der Waals surface area contributed by atoms with Gasteiger partial charge in [0.2, 0.25) is 11.8 Å². The average molecular weight is 604 g/mol. The highest BCUT2D eigenvalue weighted by molar-refractivity contribution is 6.23. The molecule has 5 rings (SSSR count). The Bertz CT molecular complexity index is 1880. The Kier molecular flexibility index (Phi) is 7.26. The first-order valence-electron chi connectivity index (χ1n) is 12.9. The van der Waals surface area contributed by atoms with Gasteiger partial charge >= 0.3 is 6.18 Å². The summed E-state index contributed by atoms with van der Waals surface area (Å²) in [6.07, 6.45) is -1.07. The van der Waals surface area contributed by atoms with E-state index in [1.807, 2.05) is 0 Å². The summed E-state index contributed by atoms with van der Waals surface area (Å²) in [6.45, 7) is 2.96. The number of anilines is 1. The van der Waals surface area contributed by atoms with E-state index in [-0.39, 0.29) is 29.7 Å². The number of piperidine rings is 1. The third-order valence-electron chi connectivity index (χ3n) is 7.06. The van der Waals surface area contributed by atoms with Crippen LogP contribution in [0.4, 0.5) is 18.9 Å². The molecule has 1 aromatic carbocycles. The van der Waals surface area contributed by atoms with E-state index in [2.05, 4.69) is 32.6 Å². The lowest BCUT2D eigenvalue weighted by molar-refractivity contribution is -0.138. The molecule has 5 amide bonds.